The van der Waals surface area contributed by atoms with E-state index in [-0.39, 0.29) is 5.91 Å². The lowest BCUT2D eigenvalue weighted by atomic mass is 10.2. The van der Waals surface area contributed by atoms with Gasteiger partial charge in [-0.05, 0) is 32.0 Å². The van der Waals surface area contributed by atoms with E-state index in [1.165, 1.54) is 0 Å². The molecule has 21 heavy (non-hydrogen) atoms. The van der Waals surface area contributed by atoms with Crippen LogP contribution in [0.2, 0.25) is 0 Å². The molecule has 1 N–H and O–H groups in total. The van der Waals surface area contributed by atoms with Crippen molar-refractivity contribution in [3.8, 4) is 11.5 Å². The van der Waals surface area contributed by atoms with E-state index in [1.54, 1.807) is 43.2 Å². The number of benzene rings is 1. The Morgan fingerprint density at radius 1 is 1.29 bits per heavy atom. The Morgan fingerprint density at radius 3 is 2.62 bits per heavy atom. The first kappa shape index (κ1) is 14.9. The van der Waals surface area contributed by atoms with Gasteiger partial charge in [-0.15, -0.1) is 0 Å². The maximum atomic E-state index is 12.3. The molecule has 2 aromatic rings. The van der Waals surface area contributed by atoms with Crippen LogP contribution in [0, 0.1) is 6.92 Å². The number of hydrogen-bond donors (Lipinski definition) is 1. The van der Waals surface area contributed by atoms with Gasteiger partial charge in [0.2, 0.25) is 0 Å². The van der Waals surface area contributed by atoms with Gasteiger partial charge in [-0.1, -0.05) is 0 Å². The molecule has 0 radical (unpaired) electrons. The summed E-state index contributed by atoms with van der Waals surface area (Å²) in [5, 5.41) is 7.05. The molecule has 0 unspecified atom stereocenters. The third kappa shape index (κ3) is 3.16. The number of hydrogen-bond acceptors (Lipinski definition) is 4. The topological polar surface area (TPSA) is 65.4 Å². The van der Waals surface area contributed by atoms with Crippen molar-refractivity contribution in [2.24, 2.45) is 0 Å². The molecule has 2 rings (SSSR count). The number of carbonyl (C=O) groups is 1. The normalized spacial score (nSPS) is 10.3. The highest BCUT2D eigenvalue weighted by molar-refractivity contribution is 6.03. The molecular weight excluding hydrogens is 270 g/mol. The number of carbonyl (C=O) groups excluding carboxylic acids is 1. The van der Waals surface area contributed by atoms with Gasteiger partial charge in [-0.3, -0.25) is 9.48 Å². The van der Waals surface area contributed by atoms with Crippen LogP contribution in [0.5, 0.6) is 11.5 Å². The van der Waals surface area contributed by atoms with E-state index in [9.17, 15) is 4.79 Å². The van der Waals surface area contributed by atoms with E-state index in [0.29, 0.717) is 22.9 Å². The van der Waals surface area contributed by atoms with Gasteiger partial charge in [-0.2, -0.15) is 5.10 Å². The summed E-state index contributed by atoms with van der Waals surface area (Å²) in [6.07, 6.45) is 0. The number of ether oxygens (including phenoxy) is 2. The van der Waals surface area contributed by atoms with Crippen LogP contribution in [0.25, 0.3) is 0 Å². The molecule has 0 aliphatic carbocycles. The highest BCUT2D eigenvalue weighted by atomic mass is 16.5. The molecule has 0 saturated carbocycles. The van der Waals surface area contributed by atoms with Gasteiger partial charge in [-0.25, -0.2) is 0 Å². The van der Waals surface area contributed by atoms with Crippen LogP contribution in [-0.2, 0) is 6.54 Å². The molecule has 6 heteroatoms. The Hall–Kier alpha value is -2.50. The summed E-state index contributed by atoms with van der Waals surface area (Å²) >= 11 is 0. The number of rotatable bonds is 5. The predicted octanol–water partition coefficient (Wildman–Crippen LogP) is 2.48. The van der Waals surface area contributed by atoms with Crippen molar-refractivity contribution in [1.82, 2.24) is 9.78 Å². The lowest BCUT2D eigenvalue weighted by molar-refractivity contribution is 0.102. The minimum Gasteiger partial charge on any atom is -0.497 e. The third-order valence-corrected chi connectivity index (χ3v) is 3.17. The molecule has 0 fully saturated rings. The van der Waals surface area contributed by atoms with Crippen molar-refractivity contribution in [3.63, 3.8) is 0 Å². The Balaban J connectivity index is 2.25. The molecule has 1 amide bonds. The van der Waals surface area contributed by atoms with Crippen molar-refractivity contribution in [1.29, 1.82) is 0 Å². The zero-order valence-corrected chi connectivity index (χ0v) is 12.6. The molecule has 1 aromatic heterocycles. The van der Waals surface area contributed by atoms with Crippen LogP contribution in [0.3, 0.4) is 0 Å². The molecule has 112 valence electrons. The van der Waals surface area contributed by atoms with Crippen LogP contribution in [0.4, 0.5) is 5.69 Å². The van der Waals surface area contributed by atoms with Crippen LogP contribution >= 0.6 is 0 Å². The van der Waals surface area contributed by atoms with Crippen LogP contribution in [0.1, 0.15) is 23.1 Å². The van der Waals surface area contributed by atoms with E-state index in [1.807, 2.05) is 13.8 Å². The Kier molecular flexibility index (Phi) is 4.47. The molecule has 0 bridgehead atoms. The summed E-state index contributed by atoms with van der Waals surface area (Å²) < 4.78 is 12.2. The second kappa shape index (κ2) is 6.30. The zero-order valence-electron chi connectivity index (χ0n) is 12.6. The SMILES string of the molecule is CCn1nc(C(=O)Nc2cc(OC)ccc2OC)cc1C. The predicted molar refractivity (Wildman–Crippen MR) is 80.1 cm³/mol. The van der Waals surface area contributed by atoms with Gasteiger partial charge >= 0.3 is 0 Å². The number of amides is 1. The summed E-state index contributed by atoms with van der Waals surface area (Å²) in [5.41, 5.74) is 1.87. The van der Waals surface area contributed by atoms with E-state index < -0.39 is 0 Å². The average molecular weight is 289 g/mol. The smallest absolute Gasteiger partial charge is 0.276 e. The Labute approximate surface area is 123 Å². The van der Waals surface area contributed by atoms with E-state index >= 15 is 0 Å². The molecule has 0 aliphatic rings. The van der Waals surface area contributed by atoms with Crippen molar-refractivity contribution in [2.45, 2.75) is 20.4 Å². The molecule has 6 nitrogen and oxygen atoms in total. The summed E-state index contributed by atoms with van der Waals surface area (Å²) in [6.45, 7) is 4.62. The van der Waals surface area contributed by atoms with Crippen molar-refractivity contribution in [2.75, 3.05) is 19.5 Å². The van der Waals surface area contributed by atoms with Gasteiger partial charge in [0, 0.05) is 18.3 Å². The molecule has 0 atom stereocenters. The van der Waals surface area contributed by atoms with Crippen LogP contribution in [0.15, 0.2) is 24.3 Å². The van der Waals surface area contributed by atoms with Gasteiger partial charge in [0.25, 0.3) is 5.91 Å². The minimum atomic E-state index is -0.281. The average Bonchev–Trinajstić information content (AvgIpc) is 2.88. The molecule has 1 heterocycles. The van der Waals surface area contributed by atoms with Crippen molar-refractivity contribution in [3.05, 3.63) is 35.7 Å². The largest absolute Gasteiger partial charge is 0.497 e. The standard InChI is InChI=1S/C15H19N3O3/c1-5-18-10(2)8-13(17-18)15(19)16-12-9-11(20-3)6-7-14(12)21-4/h6-9H,5H2,1-4H3,(H,16,19). The lowest BCUT2D eigenvalue weighted by Gasteiger charge is -2.10. The van der Waals surface area contributed by atoms with Gasteiger partial charge in [0.05, 0.1) is 19.9 Å². The van der Waals surface area contributed by atoms with Gasteiger partial charge < -0.3 is 14.8 Å². The van der Waals surface area contributed by atoms with E-state index in [4.69, 9.17) is 9.47 Å². The first-order chi connectivity index (χ1) is 10.1. The number of anilines is 1. The zero-order chi connectivity index (χ0) is 15.4. The number of aromatic nitrogens is 2. The summed E-state index contributed by atoms with van der Waals surface area (Å²) in [7, 11) is 3.12. The van der Waals surface area contributed by atoms with Crippen LogP contribution in [-0.4, -0.2) is 29.9 Å². The first-order valence-electron chi connectivity index (χ1n) is 6.66. The molecule has 0 saturated heterocycles. The molecule has 0 aliphatic heterocycles. The number of nitrogens with one attached hydrogen (secondary N) is 1. The fourth-order valence-corrected chi connectivity index (χ4v) is 2.04. The lowest BCUT2D eigenvalue weighted by Crippen LogP contribution is -2.14. The first-order valence-corrected chi connectivity index (χ1v) is 6.66. The monoisotopic (exact) mass is 289 g/mol. The fourth-order valence-electron chi connectivity index (χ4n) is 2.04. The van der Waals surface area contributed by atoms with Gasteiger partial charge in [0.1, 0.15) is 11.5 Å². The highest BCUT2D eigenvalue weighted by Crippen LogP contribution is 2.29. The van der Waals surface area contributed by atoms with Crippen LogP contribution < -0.4 is 14.8 Å². The summed E-state index contributed by atoms with van der Waals surface area (Å²) in [4.78, 5) is 12.3. The number of nitrogens with zero attached hydrogens (tertiary/aromatic N) is 2. The second-order valence-electron chi connectivity index (χ2n) is 4.51. The Bertz CT molecular complexity index is 650. The maximum Gasteiger partial charge on any atom is 0.276 e. The quantitative estimate of drug-likeness (QED) is 0.918. The van der Waals surface area contributed by atoms with Gasteiger partial charge in [0.15, 0.2) is 5.69 Å². The molecular formula is C15H19N3O3. The van der Waals surface area contributed by atoms with E-state index in [0.717, 1.165) is 12.2 Å². The Morgan fingerprint density at radius 2 is 2.05 bits per heavy atom. The summed E-state index contributed by atoms with van der Waals surface area (Å²) in [6, 6.07) is 6.97. The van der Waals surface area contributed by atoms with Crippen molar-refractivity contribution >= 4 is 11.6 Å². The summed E-state index contributed by atoms with van der Waals surface area (Å²) in [5.74, 6) is 0.925. The number of aryl methyl sites for hydroxylation is 2. The highest BCUT2D eigenvalue weighted by Gasteiger charge is 2.14. The minimum absolute atomic E-state index is 0.281. The van der Waals surface area contributed by atoms with E-state index in [2.05, 4.69) is 10.4 Å². The maximum absolute atomic E-state index is 12.3. The third-order valence-electron chi connectivity index (χ3n) is 3.17. The fraction of sp³-hybridized carbons (Fsp3) is 0.333. The van der Waals surface area contributed by atoms with Crippen molar-refractivity contribution < 1.29 is 14.3 Å². The molecule has 0 spiro atoms. The molecule has 1 aromatic carbocycles. The second-order valence-corrected chi connectivity index (χ2v) is 4.51. The number of methoxy groups -OCH3 is 2.